The van der Waals surface area contributed by atoms with Crippen molar-refractivity contribution < 1.29 is 9.84 Å². The van der Waals surface area contributed by atoms with Crippen LogP contribution in [0.1, 0.15) is 0 Å². The fourth-order valence-electron chi connectivity index (χ4n) is 2.61. The highest BCUT2D eigenvalue weighted by atomic mass is 16.5. The number of hydrogen-bond donors (Lipinski definition) is 4. The zero-order valence-electron chi connectivity index (χ0n) is 15.1. The van der Waals surface area contributed by atoms with Crippen LogP contribution in [0.3, 0.4) is 0 Å². The van der Waals surface area contributed by atoms with Gasteiger partial charge in [-0.3, -0.25) is 0 Å². The molecule has 0 amide bonds. The summed E-state index contributed by atoms with van der Waals surface area (Å²) in [4.78, 5) is 18.5. The molecule has 0 aliphatic rings. The molecular weight excluding hydrogens is 348 g/mol. The Hall–Kier alpha value is -3.24. The van der Waals surface area contributed by atoms with Gasteiger partial charge >= 0.3 is 0 Å². The van der Waals surface area contributed by atoms with Gasteiger partial charge in [0.1, 0.15) is 24.2 Å². The molecule has 0 spiro atoms. The number of fused-ring (bicyclic) bond motifs is 1. The van der Waals surface area contributed by atoms with E-state index in [0.29, 0.717) is 29.1 Å². The molecule has 10 nitrogen and oxygen atoms in total. The third-order valence-electron chi connectivity index (χ3n) is 3.73. The number of likely N-dealkylation sites (N-methyl/N-ethyl adjacent to an activating group) is 1. The Balaban J connectivity index is 1.89. The molecule has 0 saturated carbocycles. The average molecular weight is 370 g/mol. The van der Waals surface area contributed by atoms with Gasteiger partial charge in [0.05, 0.1) is 0 Å². The Kier molecular flexibility index (Phi) is 5.19. The van der Waals surface area contributed by atoms with Crippen LogP contribution in [0.25, 0.3) is 22.4 Å². The van der Waals surface area contributed by atoms with Gasteiger partial charge < -0.3 is 31.9 Å². The molecule has 3 aromatic rings. The molecule has 27 heavy (non-hydrogen) atoms. The van der Waals surface area contributed by atoms with Crippen LogP contribution in [-0.4, -0.2) is 63.3 Å². The van der Waals surface area contributed by atoms with Crippen LogP contribution in [0.5, 0.6) is 5.75 Å². The summed E-state index contributed by atoms with van der Waals surface area (Å²) in [5.74, 6) is 0.900. The first-order chi connectivity index (χ1) is 12.8. The summed E-state index contributed by atoms with van der Waals surface area (Å²) in [6.45, 7) is 0.672. The zero-order chi connectivity index (χ0) is 19.6. The SMILES string of the molecule is CN(C)CC(O)COc1cccc(-c2nc3c(N)nc(N)nc3nc2N)c1. The molecule has 1 atom stereocenters. The molecule has 0 aliphatic heterocycles. The highest BCUT2D eigenvalue weighted by Crippen LogP contribution is 2.28. The second kappa shape index (κ2) is 7.56. The van der Waals surface area contributed by atoms with Gasteiger partial charge in [0, 0.05) is 12.1 Å². The molecule has 0 bridgehead atoms. The Morgan fingerprint density at radius 3 is 2.59 bits per heavy atom. The van der Waals surface area contributed by atoms with Crippen molar-refractivity contribution in [2.75, 3.05) is 44.4 Å². The van der Waals surface area contributed by atoms with E-state index >= 15 is 0 Å². The number of aliphatic hydroxyl groups excluding tert-OH is 1. The fourth-order valence-corrected chi connectivity index (χ4v) is 2.61. The normalized spacial score (nSPS) is 12.4. The van der Waals surface area contributed by atoms with Gasteiger partial charge in [-0.2, -0.15) is 9.97 Å². The van der Waals surface area contributed by atoms with E-state index in [1.54, 1.807) is 18.2 Å². The summed E-state index contributed by atoms with van der Waals surface area (Å²) < 4.78 is 5.67. The molecular formula is C17H22N8O2. The number of aliphatic hydroxyl groups is 1. The molecule has 0 fully saturated rings. The van der Waals surface area contributed by atoms with Crippen molar-refractivity contribution in [2.24, 2.45) is 0 Å². The second-order valence-electron chi connectivity index (χ2n) is 6.35. The predicted molar refractivity (Wildman–Crippen MR) is 104 cm³/mol. The fraction of sp³-hybridized carbons (Fsp3) is 0.294. The third-order valence-corrected chi connectivity index (χ3v) is 3.73. The number of ether oxygens (including phenoxy) is 1. The van der Waals surface area contributed by atoms with E-state index in [9.17, 15) is 5.11 Å². The minimum atomic E-state index is -0.600. The Labute approximate surface area is 156 Å². The highest BCUT2D eigenvalue weighted by molar-refractivity contribution is 5.87. The van der Waals surface area contributed by atoms with Crippen molar-refractivity contribution in [1.29, 1.82) is 0 Å². The summed E-state index contributed by atoms with van der Waals surface area (Å²) >= 11 is 0. The molecule has 1 aromatic carbocycles. The predicted octanol–water partition coefficient (Wildman–Crippen LogP) is 0.135. The van der Waals surface area contributed by atoms with Crippen LogP contribution in [0.4, 0.5) is 17.6 Å². The number of benzene rings is 1. The van der Waals surface area contributed by atoms with Gasteiger partial charge in [0.25, 0.3) is 0 Å². The zero-order valence-corrected chi connectivity index (χ0v) is 15.1. The number of nitrogens with two attached hydrogens (primary N) is 3. The first kappa shape index (κ1) is 18.5. The summed E-state index contributed by atoms with van der Waals surface area (Å²) in [7, 11) is 3.77. The number of nitrogens with zero attached hydrogens (tertiary/aromatic N) is 5. The molecule has 0 radical (unpaired) electrons. The topological polar surface area (TPSA) is 162 Å². The van der Waals surface area contributed by atoms with E-state index in [0.717, 1.165) is 0 Å². The van der Waals surface area contributed by atoms with E-state index in [-0.39, 0.29) is 29.8 Å². The van der Waals surface area contributed by atoms with Gasteiger partial charge in [-0.25, -0.2) is 9.97 Å². The first-order valence-electron chi connectivity index (χ1n) is 8.25. The van der Waals surface area contributed by atoms with Crippen LogP contribution in [0, 0.1) is 0 Å². The monoisotopic (exact) mass is 370 g/mol. The lowest BCUT2D eigenvalue weighted by Gasteiger charge is -2.17. The number of aromatic nitrogens is 4. The van der Waals surface area contributed by atoms with E-state index in [1.165, 1.54) is 0 Å². The summed E-state index contributed by atoms with van der Waals surface area (Å²) in [6, 6.07) is 7.18. The van der Waals surface area contributed by atoms with Gasteiger partial charge in [-0.05, 0) is 26.2 Å². The maximum Gasteiger partial charge on any atom is 0.224 e. The average Bonchev–Trinajstić information content (AvgIpc) is 2.59. The summed E-state index contributed by atoms with van der Waals surface area (Å²) in [6.07, 6.45) is -0.600. The molecule has 1 unspecified atom stereocenters. The van der Waals surface area contributed by atoms with E-state index in [2.05, 4.69) is 19.9 Å². The molecule has 2 aromatic heterocycles. The second-order valence-corrected chi connectivity index (χ2v) is 6.35. The van der Waals surface area contributed by atoms with E-state index in [1.807, 2.05) is 25.1 Å². The molecule has 10 heteroatoms. The molecule has 3 rings (SSSR count). The van der Waals surface area contributed by atoms with Crippen molar-refractivity contribution >= 4 is 28.7 Å². The number of anilines is 3. The van der Waals surface area contributed by atoms with Crippen LogP contribution >= 0.6 is 0 Å². The van der Waals surface area contributed by atoms with Crippen molar-refractivity contribution in [1.82, 2.24) is 24.8 Å². The third kappa shape index (κ3) is 4.30. The van der Waals surface area contributed by atoms with Crippen molar-refractivity contribution in [3.8, 4) is 17.0 Å². The first-order valence-corrected chi connectivity index (χ1v) is 8.25. The summed E-state index contributed by atoms with van der Waals surface area (Å²) in [5, 5.41) is 9.94. The quantitative estimate of drug-likeness (QED) is 0.469. The standard InChI is InChI=1S/C17H22N8O2/c1-25(2)7-10(26)8-27-11-5-3-4-9(6-11)12-14(18)22-16-13(21-12)15(19)23-17(20)24-16/h3-6,10,26H,7-8H2,1-2H3,(H6,18,19,20,22,23,24). The molecule has 142 valence electrons. The summed E-state index contributed by atoms with van der Waals surface area (Å²) in [5.41, 5.74) is 19.2. The lowest BCUT2D eigenvalue weighted by Crippen LogP contribution is -2.30. The minimum absolute atomic E-state index is 0.00753. The van der Waals surface area contributed by atoms with E-state index < -0.39 is 6.10 Å². The lowest BCUT2D eigenvalue weighted by atomic mass is 10.1. The highest BCUT2D eigenvalue weighted by Gasteiger charge is 2.14. The molecule has 0 aliphatic carbocycles. The molecule has 7 N–H and O–H groups in total. The van der Waals surface area contributed by atoms with Gasteiger partial charge in [-0.15, -0.1) is 0 Å². The Bertz CT molecular complexity index is 963. The van der Waals surface area contributed by atoms with Gasteiger partial charge in [0.15, 0.2) is 22.8 Å². The van der Waals surface area contributed by atoms with Crippen LogP contribution in [0.2, 0.25) is 0 Å². The van der Waals surface area contributed by atoms with Crippen LogP contribution in [0.15, 0.2) is 24.3 Å². The Morgan fingerprint density at radius 1 is 1.07 bits per heavy atom. The van der Waals surface area contributed by atoms with E-state index in [4.69, 9.17) is 21.9 Å². The van der Waals surface area contributed by atoms with Crippen LogP contribution in [-0.2, 0) is 0 Å². The van der Waals surface area contributed by atoms with Crippen LogP contribution < -0.4 is 21.9 Å². The smallest absolute Gasteiger partial charge is 0.224 e. The Morgan fingerprint density at radius 2 is 1.85 bits per heavy atom. The number of rotatable bonds is 6. The maximum absolute atomic E-state index is 9.94. The minimum Gasteiger partial charge on any atom is -0.491 e. The number of nitrogen functional groups attached to an aromatic ring is 3. The largest absolute Gasteiger partial charge is 0.491 e. The van der Waals surface area contributed by atoms with Crippen molar-refractivity contribution in [3.63, 3.8) is 0 Å². The lowest BCUT2D eigenvalue weighted by molar-refractivity contribution is 0.0831. The number of hydrogen-bond acceptors (Lipinski definition) is 10. The van der Waals surface area contributed by atoms with Gasteiger partial charge in [-0.1, -0.05) is 12.1 Å². The maximum atomic E-state index is 9.94. The molecule has 0 saturated heterocycles. The van der Waals surface area contributed by atoms with Crippen molar-refractivity contribution in [2.45, 2.75) is 6.10 Å². The van der Waals surface area contributed by atoms with Crippen molar-refractivity contribution in [3.05, 3.63) is 24.3 Å². The van der Waals surface area contributed by atoms with Gasteiger partial charge in [0.2, 0.25) is 5.95 Å². The molecule has 2 heterocycles.